The van der Waals surface area contributed by atoms with Gasteiger partial charge in [-0.15, -0.1) is 0 Å². The van der Waals surface area contributed by atoms with Crippen LogP contribution in [-0.2, 0) is 11.3 Å². The molecule has 0 N–H and O–H groups in total. The molecular weight excluding hydrogens is 472 g/mol. The summed E-state index contributed by atoms with van der Waals surface area (Å²) in [5.41, 5.74) is 3.41. The van der Waals surface area contributed by atoms with Gasteiger partial charge in [0.25, 0.3) is 11.6 Å². The van der Waals surface area contributed by atoms with Crippen molar-refractivity contribution in [3.63, 3.8) is 0 Å². The number of benzene rings is 3. The number of hydrazone groups is 1. The lowest BCUT2D eigenvalue weighted by Crippen LogP contribution is -2.29. The lowest BCUT2D eigenvalue weighted by molar-refractivity contribution is -0.384. The van der Waals surface area contributed by atoms with E-state index in [1.54, 1.807) is 19.1 Å². The maximum Gasteiger partial charge on any atom is 0.269 e. The number of non-ortho nitro benzene ring substituents is 1. The summed E-state index contributed by atoms with van der Waals surface area (Å²) in [5, 5.41) is 17.1. The first-order chi connectivity index (χ1) is 15.4. The summed E-state index contributed by atoms with van der Waals surface area (Å²) >= 11 is 3.47. The van der Waals surface area contributed by atoms with Crippen LogP contribution in [0.15, 0.2) is 88.4 Å². The van der Waals surface area contributed by atoms with Crippen molar-refractivity contribution in [3.05, 3.63) is 110 Å². The molecule has 3 aromatic carbocycles. The number of amides is 1. The molecule has 0 unspecified atom stereocenters. The van der Waals surface area contributed by atoms with Crippen LogP contribution in [0.3, 0.4) is 0 Å². The molecule has 0 aromatic heterocycles. The molecule has 162 valence electrons. The second kappa shape index (κ2) is 9.42. The lowest BCUT2D eigenvalue weighted by atomic mass is 10.1. The minimum absolute atomic E-state index is 0.0144. The predicted octanol–water partition coefficient (Wildman–Crippen LogP) is 5.12. The molecule has 4 rings (SSSR count). The number of rotatable bonds is 6. The zero-order valence-electron chi connectivity index (χ0n) is 17.4. The van der Waals surface area contributed by atoms with E-state index in [1.165, 1.54) is 17.1 Å². The molecule has 3 aromatic rings. The van der Waals surface area contributed by atoms with E-state index >= 15 is 0 Å². The predicted molar refractivity (Wildman–Crippen MR) is 126 cm³/mol. The maximum atomic E-state index is 13.0. The van der Waals surface area contributed by atoms with Crippen LogP contribution in [0.5, 0.6) is 0 Å². The largest absolute Gasteiger partial charge is 0.271 e. The average molecular weight is 493 g/mol. The third-order valence-electron chi connectivity index (χ3n) is 5.32. The van der Waals surface area contributed by atoms with Gasteiger partial charge in [0, 0.05) is 23.2 Å². The Kier molecular flexibility index (Phi) is 6.43. The Bertz CT molecular complexity index is 1150. The molecule has 1 heterocycles. The summed E-state index contributed by atoms with van der Waals surface area (Å²) in [6, 6.07) is 24.0. The zero-order chi connectivity index (χ0) is 22.7. The molecule has 1 aliphatic heterocycles. The monoisotopic (exact) mass is 492 g/mol. The van der Waals surface area contributed by atoms with Gasteiger partial charge in [0.15, 0.2) is 0 Å². The van der Waals surface area contributed by atoms with Crippen LogP contribution in [-0.4, -0.2) is 33.0 Å². The fraction of sp³-hybridized carbons (Fsp3) is 0.167. The van der Waals surface area contributed by atoms with Crippen molar-refractivity contribution < 1.29 is 9.72 Å². The molecule has 8 heteroatoms. The van der Waals surface area contributed by atoms with Gasteiger partial charge in [-0.3, -0.25) is 19.8 Å². The summed E-state index contributed by atoms with van der Waals surface area (Å²) in [6.45, 7) is 2.65. The second-order valence-corrected chi connectivity index (χ2v) is 8.46. The average Bonchev–Trinajstić information content (AvgIpc) is 3.09. The highest BCUT2D eigenvalue weighted by Gasteiger charge is 2.39. The highest BCUT2D eigenvalue weighted by molar-refractivity contribution is 9.10. The quantitative estimate of drug-likeness (QED) is 0.271. The summed E-state index contributed by atoms with van der Waals surface area (Å²) in [5.74, 6) is -0.102. The number of carbonyl (C=O) groups excluding carboxylic acids is 1. The third kappa shape index (κ3) is 4.76. The minimum Gasteiger partial charge on any atom is -0.271 e. The van der Waals surface area contributed by atoms with Gasteiger partial charge in [-0.2, -0.15) is 5.10 Å². The van der Waals surface area contributed by atoms with Gasteiger partial charge in [-0.05, 0) is 47.9 Å². The molecule has 1 amide bonds. The molecular formula is C24H21BrN4O3. The zero-order valence-corrected chi connectivity index (χ0v) is 19.0. The van der Waals surface area contributed by atoms with Crippen molar-refractivity contribution in [2.75, 3.05) is 6.54 Å². The van der Waals surface area contributed by atoms with E-state index in [2.05, 4.69) is 25.9 Å². The van der Waals surface area contributed by atoms with Crippen LogP contribution in [0.4, 0.5) is 5.69 Å². The van der Waals surface area contributed by atoms with Crippen LogP contribution in [0.1, 0.15) is 29.8 Å². The lowest BCUT2D eigenvalue weighted by Gasteiger charge is -2.28. The highest BCUT2D eigenvalue weighted by Crippen LogP contribution is 2.33. The number of carbonyl (C=O) groups is 1. The van der Waals surface area contributed by atoms with Gasteiger partial charge in [0.1, 0.15) is 6.17 Å². The van der Waals surface area contributed by atoms with Crippen molar-refractivity contribution in [2.24, 2.45) is 5.10 Å². The molecule has 0 saturated carbocycles. The molecule has 1 aliphatic rings. The van der Waals surface area contributed by atoms with Crippen LogP contribution < -0.4 is 0 Å². The summed E-state index contributed by atoms with van der Waals surface area (Å²) in [4.78, 5) is 25.6. The van der Waals surface area contributed by atoms with Gasteiger partial charge in [-0.25, -0.2) is 5.01 Å². The van der Waals surface area contributed by atoms with Crippen LogP contribution in [0.25, 0.3) is 0 Å². The summed E-state index contributed by atoms with van der Waals surface area (Å²) in [7, 11) is 0. The number of nitro groups is 1. The Balaban J connectivity index is 1.68. The first-order valence-electron chi connectivity index (χ1n) is 10.1. The first kappa shape index (κ1) is 21.9. The number of halogens is 1. The van der Waals surface area contributed by atoms with E-state index in [0.717, 1.165) is 21.2 Å². The third-order valence-corrected chi connectivity index (χ3v) is 5.85. The van der Waals surface area contributed by atoms with Crippen LogP contribution in [0.2, 0.25) is 0 Å². The van der Waals surface area contributed by atoms with Gasteiger partial charge in [0.05, 0.1) is 17.2 Å². The van der Waals surface area contributed by atoms with E-state index in [-0.39, 0.29) is 24.3 Å². The van der Waals surface area contributed by atoms with Crippen molar-refractivity contribution in [2.45, 2.75) is 19.6 Å². The standard InChI is InChI=1S/C24H21BrN4O3/c1-17(19-9-13-22(14-10-19)29(31)32)26-28-23(30)16-27(15-18-5-3-2-4-6-18)24(28)20-7-11-21(25)12-8-20/h2-14,24H,15-16H2,1H3/b26-17-/t24-/m0/s1. The second-order valence-electron chi connectivity index (χ2n) is 7.54. The fourth-order valence-electron chi connectivity index (χ4n) is 3.73. The van der Waals surface area contributed by atoms with Crippen LogP contribution >= 0.6 is 15.9 Å². The smallest absolute Gasteiger partial charge is 0.269 e. The molecule has 7 nitrogen and oxygen atoms in total. The minimum atomic E-state index is -0.439. The van der Waals surface area contributed by atoms with Gasteiger partial charge >= 0.3 is 0 Å². The van der Waals surface area contributed by atoms with Gasteiger partial charge in [-0.1, -0.05) is 58.4 Å². The maximum absolute atomic E-state index is 13.0. The number of hydrogen-bond acceptors (Lipinski definition) is 5. The van der Waals surface area contributed by atoms with E-state index in [0.29, 0.717) is 12.3 Å². The molecule has 0 spiro atoms. The number of hydrogen-bond donors (Lipinski definition) is 0. The Morgan fingerprint density at radius 2 is 1.72 bits per heavy atom. The molecule has 1 fully saturated rings. The van der Waals surface area contributed by atoms with Gasteiger partial charge < -0.3 is 0 Å². The van der Waals surface area contributed by atoms with E-state index < -0.39 is 4.92 Å². The van der Waals surface area contributed by atoms with E-state index in [9.17, 15) is 14.9 Å². The molecule has 0 radical (unpaired) electrons. The fourth-order valence-corrected chi connectivity index (χ4v) is 3.99. The van der Waals surface area contributed by atoms with Crippen molar-refractivity contribution in [1.29, 1.82) is 0 Å². The Morgan fingerprint density at radius 1 is 1.06 bits per heavy atom. The van der Waals surface area contributed by atoms with Crippen molar-refractivity contribution >= 4 is 33.2 Å². The summed E-state index contributed by atoms with van der Waals surface area (Å²) < 4.78 is 0.956. The number of nitrogens with zero attached hydrogens (tertiary/aromatic N) is 4. The van der Waals surface area contributed by atoms with Crippen molar-refractivity contribution in [3.8, 4) is 0 Å². The SMILES string of the molecule is C/C(=N/N1C(=O)CN(Cc2ccccc2)[C@@H]1c1ccc(Br)cc1)c1ccc([N+](=O)[O-])cc1. The molecule has 1 saturated heterocycles. The van der Waals surface area contributed by atoms with E-state index in [4.69, 9.17) is 0 Å². The van der Waals surface area contributed by atoms with Crippen LogP contribution in [0, 0.1) is 10.1 Å². The topological polar surface area (TPSA) is 79.0 Å². The first-order valence-corrected chi connectivity index (χ1v) is 10.9. The molecule has 0 aliphatic carbocycles. The van der Waals surface area contributed by atoms with Gasteiger partial charge in [0.2, 0.25) is 0 Å². The molecule has 32 heavy (non-hydrogen) atoms. The van der Waals surface area contributed by atoms with E-state index in [1.807, 2.05) is 54.6 Å². The normalized spacial score (nSPS) is 17.1. The Labute approximate surface area is 194 Å². The Morgan fingerprint density at radius 3 is 2.34 bits per heavy atom. The number of nitro benzene ring substituents is 1. The molecule has 0 bridgehead atoms. The van der Waals surface area contributed by atoms with Crippen molar-refractivity contribution in [1.82, 2.24) is 9.91 Å². The summed E-state index contributed by atoms with van der Waals surface area (Å²) in [6.07, 6.45) is -0.358. The molecule has 1 atom stereocenters. The highest BCUT2D eigenvalue weighted by atomic mass is 79.9. The Hall–Kier alpha value is -3.36.